The highest BCUT2D eigenvalue weighted by atomic mass is 16.7. The molecule has 0 saturated carbocycles. The quantitative estimate of drug-likeness (QED) is 0.316. The van der Waals surface area contributed by atoms with Gasteiger partial charge in [-0.3, -0.25) is 4.79 Å². The average Bonchev–Trinajstić information content (AvgIpc) is 3.05. The van der Waals surface area contributed by atoms with Crippen molar-refractivity contribution >= 4 is 5.97 Å². The van der Waals surface area contributed by atoms with Crippen molar-refractivity contribution in [2.45, 2.75) is 101 Å². The number of hydrogen-bond donors (Lipinski definition) is 4. The minimum Gasteiger partial charge on any atom is -0.462 e. The molecule has 0 amide bonds. The van der Waals surface area contributed by atoms with E-state index in [-0.39, 0.29) is 18.2 Å². The van der Waals surface area contributed by atoms with E-state index in [0.717, 1.165) is 25.7 Å². The van der Waals surface area contributed by atoms with Crippen molar-refractivity contribution in [2.75, 3.05) is 6.61 Å². The molecule has 2 aliphatic rings. The molecule has 0 radical (unpaired) electrons. The molecule has 0 aromatic rings. The Morgan fingerprint density at radius 3 is 2.54 bits per heavy atom. The zero-order chi connectivity index (χ0) is 19.1. The molecule has 2 heterocycles. The first-order valence-electron chi connectivity index (χ1n) is 9.61. The van der Waals surface area contributed by atoms with Gasteiger partial charge in [-0.1, -0.05) is 26.2 Å². The van der Waals surface area contributed by atoms with Crippen LogP contribution in [0.25, 0.3) is 0 Å². The normalized spacial score (nSPS) is 36.1. The third kappa shape index (κ3) is 5.87. The van der Waals surface area contributed by atoms with Crippen LogP contribution in [0.15, 0.2) is 0 Å². The number of esters is 1. The summed E-state index contributed by atoms with van der Waals surface area (Å²) in [6, 6.07) is 0. The van der Waals surface area contributed by atoms with Crippen molar-refractivity contribution in [3.63, 3.8) is 0 Å². The molecule has 2 aliphatic heterocycles. The standard InChI is InChI=1S/C18H32O8/c1-2-3-4-5-11(6-7-12-8-9-14(20)24-12)25-18-17(23)16(22)15(21)13(10-19)26-18/h11-13,15-19,21-23H,2-10H2,1H3/t11-,12-,13-,15-,16+,17-,18-/m1/s1. The first-order chi connectivity index (χ1) is 12.5. The predicted molar refractivity (Wildman–Crippen MR) is 91.1 cm³/mol. The molecule has 0 spiro atoms. The molecule has 7 atom stereocenters. The molecule has 2 rings (SSSR count). The fraction of sp³-hybridized carbons (Fsp3) is 0.944. The Balaban J connectivity index is 1.91. The molecule has 0 aromatic heterocycles. The van der Waals surface area contributed by atoms with Crippen LogP contribution in [0.3, 0.4) is 0 Å². The van der Waals surface area contributed by atoms with Gasteiger partial charge >= 0.3 is 5.97 Å². The maximum absolute atomic E-state index is 11.2. The van der Waals surface area contributed by atoms with E-state index in [1.165, 1.54) is 0 Å². The minimum absolute atomic E-state index is 0.102. The number of ether oxygens (including phenoxy) is 3. The predicted octanol–water partition coefficient (Wildman–Crippen LogP) is 0.238. The van der Waals surface area contributed by atoms with Gasteiger partial charge in [0.25, 0.3) is 0 Å². The van der Waals surface area contributed by atoms with E-state index in [9.17, 15) is 25.2 Å². The largest absolute Gasteiger partial charge is 0.462 e. The van der Waals surface area contributed by atoms with Gasteiger partial charge in [-0.2, -0.15) is 0 Å². The summed E-state index contributed by atoms with van der Waals surface area (Å²) >= 11 is 0. The highest BCUT2D eigenvalue weighted by Crippen LogP contribution is 2.27. The van der Waals surface area contributed by atoms with Crippen molar-refractivity contribution in [2.24, 2.45) is 0 Å². The molecule has 2 saturated heterocycles. The van der Waals surface area contributed by atoms with Crippen LogP contribution in [0.2, 0.25) is 0 Å². The lowest BCUT2D eigenvalue weighted by Gasteiger charge is -2.41. The van der Waals surface area contributed by atoms with Gasteiger partial charge in [0.1, 0.15) is 30.5 Å². The topological polar surface area (TPSA) is 126 Å². The molecule has 8 nitrogen and oxygen atoms in total. The molecule has 0 bridgehead atoms. The summed E-state index contributed by atoms with van der Waals surface area (Å²) in [4.78, 5) is 11.2. The van der Waals surface area contributed by atoms with Crippen molar-refractivity contribution in [3.8, 4) is 0 Å². The number of unbranched alkanes of at least 4 members (excludes halogenated alkanes) is 2. The van der Waals surface area contributed by atoms with Crippen molar-refractivity contribution < 1.29 is 39.4 Å². The zero-order valence-corrected chi connectivity index (χ0v) is 15.3. The Hall–Kier alpha value is -0.770. The Morgan fingerprint density at radius 2 is 1.92 bits per heavy atom. The van der Waals surface area contributed by atoms with Crippen LogP contribution in [0.4, 0.5) is 0 Å². The highest BCUT2D eigenvalue weighted by molar-refractivity contribution is 5.71. The number of carbonyl (C=O) groups excluding carboxylic acids is 1. The molecule has 0 unspecified atom stereocenters. The summed E-state index contributed by atoms with van der Waals surface area (Å²) in [5, 5.41) is 39.2. The van der Waals surface area contributed by atoms with Gasteiger partial charge in [-0.25, -0.2) is 0 Å². The van der Waals surface area contributed by atoms with Crippen molar-refractivity contribution in [1.29, 1.82) is 0 Å². The Morgan fingerprint density at radius 1 is 1.15 bits per heavy atom. The lowest BCUT2D eigenvalue weighted by atomic mass is 9.98. The third-order valence-electron chi connectivity index (χ3n) is 5.08. The maximum atomic E-state index is 11.2. The van der Waals surface area contributed by atoms with Crippen LogP contribution in [-0.4, -0.2) is 75.9 Å². The Labute approximate surface area is 154 Å². The number of aliphatic hydroxyl groups is 4. The van der Waals surface area contributed by atoms with Gasteiger partial charge in [-0.15, -0.1) is 0 Å². The van der Waals surface area contributed by atoms with Gasteiger partial charge < -0.3 is 34.6 Å². The molecular weight excluding hydrogens is 344 g/mol. The third-order valence-corrected chi connectivity index (χ3v) is 5.08. The minimum atomic E-state index is -1.45. The van der Waals surface area contributed by atoms with E-state index in [0.29, 0.717) is 25.7 Å². The van der Waals surface area contributed by atoms with E-state index >= 15 is 0 Å². The van der Waals surface area contributed by atoms with Crippen LogP contribution >= 0.6 is 0 Å². The highest BCUT2D eigenvalue weighted by Gasteiger charge is 2.44. The molecule has 152 valence electrons. The SMILES string of the molecule is CCCCC[C@H](CC[C@@H]1CCC(=O)O1)O[C@@H]1O[C@H](CO)[C@@H](O)[C@H](O)[C@H]1O. The molecule has 2 fully saturated rings. The van der Waals surface area contributed by atoms with Gasteiger partial charge in [0.15, 0.2) is 6.29 Å². The lowest BCUT2D eigenvalue weighted by Crippen LogP contribution is -2.59. The van der Waals surface area contributed by atoms with Gasteiger partial charge in [0, 0.05) is 6.42 Å². The maximum Gasteiger partial charge on any atom is 0.306 e. The Kier molecular flexibility index (Phi) is 8.72. The lowest BCUT2D eigenvalue weighted by molar-refractivity contribution is -0.312. The van der Waals surface area contributed by atoms with E-state index in [4.69, 9.17) is 14.2 Å². The first kappa shape index (κ1) is 21.5. The van der Waals surface area contributed by atoms with Crippen molar-refractivity contribution in [1.82, 2.24) is 0 Å². The number of rotatable bonds is 10. The van der Waals surface area contributed by atoms with Crippen LogP contribution < -0.4 is 0 Å². The zero-order valence-electron chi connectivity index (χ0n) is 15.3. The van der Waals surface area contributed by atoms with E-state index in [2.05, 4.69) is 6.92 Å². The first-order valence-corrected chi connectivity index (χ1v) is 9.61. The molecule has 0 aliphatic carbocycles. The Bertz CT molecular complexity index is 429. The summed E-state index contributed by atoms with van der Waals surface area (Å²) in [6.45, 7) is 1.62. The smallest absolute Gasteiger partial charge is 0.306 e. The second-order valence-electron chi connectivity index (χ2n) is 7.18. The molecule has 8 heteroatoms. The summed E-state index contributed by atoms with van der Waals surface area (Å²) < 4.78 is 16.6. The molecule has 0 aromatic carbocycles. The number of carbonyl (C=O) groups is 1. The summed E-state index contributed by atoms with van der Waals surface area (Å²) in [7, 11) is 0. The summed E-state index contributed by atoms with van der Waals surface area (Å²) in [6.07, 6.45) is -0.414. The number of hydrogen-bond acceptors (Lipinski definition) is 8. The molecular formula is C18H32O8. The average molecular weight is 376 g/mol. The van der Waals surface area contributed by atoms with Crippen LogP contribution in [0, 0.1) is 0 Å². The van der Waals surface area contributed by atoms with E-state index < -0.39 is 37.3 Å². The fourth-order valence-electron chi connectivity index (χ4n) is 3.43. The van der Waals surface area contributed by atoms with Crippen LogP contribution in [0.1, 0.15) is 58.3 Å². The summed E-state index contributed by atoms with van der Waals surface area (Å²) in [5.41, 5.74) is 0. The van der Waals surface area contributed by atoms with Gasteiger partial charge in [0.05, 0.1) is 12.7 Å². The van der Waals surface area contributed by atoms with Crippen LogP contribution in [-0.2, 0) is 19.0 Å². The molecule has 26 heavy (non-hydrogen) atoms. The van der Waals surface area contributed by atoms with Gasteiger partial charge in [-0.05, 0) is 25.7 Å². The number of cyclic esters (lactones) is 1. The second kappa shape index (κ2) is 10.5. The number of aliphatic hydroxyl groups excluding tert-OH is 4. The fourth-order valence-corrected chi connectivity index (χ4v) is 3.43. The van der Waals surface area contributed by atoms with E-state index in [1.807, 2.05) is 0 Å². The monoisotopic (exact) mass is 376 g/mol. The second-order valence-corrected chi connectivity index (χ2v) is 7.18. The van der Waals surface area contributed by atoms with Crippen LogP contribution in [0.5, 0.6) is 0 Å². The van der Waals surface area contributed by atoms with Crippen molar-refractivity contribution in [3.05, 3.63) is 0 Å². The summed E-state index contributed by atoms with van der Waals surface area (Å²) in [5.74, 6) is -0.174. The van der Waals surface area contributed by atoms with E-state index in [1.54, 1.807) is 0 Å². The molecule has 4 N–H and O–H groups in total. The van der Waals surface area contributed by atoms with Gasteiger partial charge in [0.2, 0.25) is 0 Å².